The van der Waals surface area contributed by atoms with Crippen molar-refractivity contribution in [2.24, 2.45) is 5.92 Å². The van der Waals surface area contributed by atoms with Gasteiger partial charge in [-0.3, -0.25) is 4.79 Å². The summed E-state index contributed by atoms with van der Waals surface area (Å²) in [4.78, 5) is 14.5. The molecule has 24 heavy (non-hydrogen) atoms. The van der Waals surface area contributed by atoms with Gasteiger partial charge in [-0.2, -0.15) is 0 Å². The lowest BCUT2D eigenvalue weighted by molar-refractivity contribution is -0.136. The molecule has 1 aromatic heterocycles. The second-order valence-corrected chi connectivity index (χ2v) is 6.10. The molecule has 6 nitrogen and oxygen atoms in total. The molecular formula is C18H17N3O3. The number of carbonyl (C=O) groups excluding carboxylic acids is 1. The van der Waals surface area contributed by atoms with E-state index >= 15 is 0 Å². The van der Waals surface area contributed by atoms with E-state index in [4.69, 9.17) is 9.37 Å². The maximum Gasteiger partial charge on any atom is 0.229 e. The zero-order valence-electron chi connectivity index (χ0n) is 13.3. The van der Waals surface area contributed by atoms with Crippen LogP contribution in [0.25, 0.3) is 11.0 Å². The lowest BCUT2D eigenvalue weighted by Gasteiger charge is -2.28. The van der Waals surface area contributed by atoms with Crippen LogP contribution in [0.3, 0.4) is 0 Å². The Hall–Kier alpha value is -2.89. The number of hydrogen-bond donors (Lipinski definition) is 0. The fourth-order valence-corrected chi connectivity index (χ4v) is 3.08. The molecule has 3 aromatic rings. The highest BCUT2D eigenvalue weighted by atomic mass is 16.6. The summed E-state index contributed by atoms with van der Waals surface area (Å²) in [6, 6.07) is 13.5. The number of carbonyl (C=O) groups is 1. The fourth-order valence-electron chi connectivity index (χ4n) is 3.08. The summed E-state index contributed by atoms with van der Waals surface area (Å²) in [5.74, 6) is 0.818. The Labute approximate surface area is 139 Å². The number of hydrogen-bond acceptors (Lipinski definition) is 5. The van der Waals surface area contributed by atoms with Gasteiger partial charge in [0.05, 0.1) is 5.92 Å². The van der Waals surface area contributed by atoms with E-state index in [-0.39, 0.29) is 11.8 Å². The van der Waals surface area contributed by atoms with Crippen LogP contribution in [0.2, 0.25) is 0 Å². The monoisotopic (exact) mass is 323 g/mol. The van der Waals surface area contributed by atoms with E-state index in [9.17, 15) is 4.79 Å². The van der Waals surface area contributed by atoms with E-state index in [0.717, 1.165) is 16.9 Å². The zero-order chi connectivity index (χ0) is 16.5. The van der Waals surface area contributed by atoms with E-state index in [1.807, 2.05) is 49.5 Å². The normalized spacial score (nSPS) is 16.5. The summed E-state index contributed by atoms with van der Waals surface area (Å²) in [5, 5.41) is 7.62. The van der Waals surface area contributed by atoms with Crippen LogP contribution >= 0.6 is 0 Å². The van der Waals surface area contributed by atoms with Gasteiger partial charge >= 0.3 is 0 Å². The number of aromatic nitrogens is 2. The first-order chi connectivity index (χ1) is 11.7. The smallest absolute Gasteiger partial charge is 0.229 e. The van der Waals surface area contributed by atoms with Gasteiger partial charge in [0, 0.05) is 13.6 Å². The van der Waals surface area contributed by atoms with Crippen LogP contribution in [0, 0.1) is 5.92 Å². The predicted molar refractivity (Wildman–Crippen MR) is 87.4 cm³/mol. The van der Waals surface area contributed by atoms with Crippen molar-refractivity contribution >= 4 is 16.9 Å². The van der Waals surface area contributed by atoms with Crippen molar-refractivity contribution in [1.82, 2.24) is 15.2 Å². The molecule has 1 amide bonds. The van der Waals surface area contributed by atoms with Crippen LogP contribution in [-0.4, -0.2) is 34.8 Å². The minimum atomic E-state index is -0.151. The molecule has 0 aliphatic carbocycles. The van der Waals surface area contributed by atoms with Crippen LogP contribution in [0.15, 0.2) is 47.1 Å². The molecule has 4 rings (SSSR count). The number of para-hydroxylation sites is 1. The minimum Gasteiger partial charge on any atom is -0.492 e. The second-order valence-electron chi connectivity index (χ2n) is 6.10. The molecule has 0 N–H and O–H groups in total. The van der Waals surface area contributed by atoms with Crippen LogP contribution < -0.4 is 4.74 Å². The Bertz CT molecular complexity index is 890. The van der Waals surface area contributed by atoms with Crippen LogP contribution in [0.1, 0.15) is 11.1 Å². The Balaban J connectivity index is 1.46. The molecule has 1 unspecified atom stereocenters. The zero-order valence-corrected chi connectivity index (χ0v) is 13.3. The molecule has 1 atom stereocenters. The molecule has 0 saturated carbocycles. The Morgan fingerprint density at radius 2 is 2.04 bits per heavy atom. The molecule has 2 aromatic carbocycles. The molecule has 0 bridgehead atoms. The van der Waals surface area contributed by atoms with Crippen molar-refractivity contribution in [3.63, 3.8) is 0 Å². The minimum absolute atomic E-state index is 0.0860. The molecular weight excluding hydrogens is 306 g/mol. The lowest BCUT2D eigenvalue weighted by atomic mass is 9.95. The average molecular weight is 323 g/mol. The van der Waals surface area contributed by atoms with E-state index in [2.05, 4.69) is 10.3 Å². The van der Waals surface area contributed by atoms with Gasteiger partial charge in [-0.05, 0) is 46.1 Å². The summed E-state index contributed by atoms with van der Waals surface area (Å²) < 4.78 is 10.4. The van der Waals surface area contributed by atoms with Crippen molar-refractivity contribution in [2.75, 3.05) is 13.7 Å². The summed E-state index contributed by atoms with van der Waals surface area (Å²) >= 11 is 0. The van der Waals surface area contributed by atoms with Gasteiger partial charge in [-0.1, -0.05) is 24.3 Å². The topological polar surface area (TPSA) is 68.5 Å². The second kappa shape index (κ2) is 5.96. The lowest BCUT2D eigenvalue weighted by Crippen LogP contribution is -2.38. The van der Waals surface area contributed by atoms with Gasteiger partial charge in [-0.25, -0.2) is 4.63 Å². The third kappa shape index (κ3) is 2.71. The van der Waals surface area contributed by atoms with Crippen molar-refractivity contribution in [3.8, 4) is 5.75 Å². The highest BCUT2D eigenvalue weighted by molar-refractivity contribution is 5.80. The molecule has 1 aliphatic heterocycles. The molecule has 122 valence electrons. The number of amides is 1. The maximum absolute atomic E-state index is 12.7. The van der Waals surface area contributed by atoms with Crippen molar-refractivity contribution in [3.05, 3.63) is 53.6 Å². The quantitative estimate of drug-likeness (QED) is 0.740. The highest BCUT2D eigenvalue weighted by Crippen LogP contribution is 2.27. The first-order valence-corrected chi connectivity index (χ1v) is 7.87. The van der Waals surface area contributed by atoms with E-state index in [0.29, 0.717) is 30.6 Å². The van der Waals surface area contributed by atoms with Gasteiger partial charge in [-0.15, -0.1) is 0 Å². The third-order valence-corrected chi connectivity index (χ3v) is 4.34. The van der Waals surface area contributed by atoms with Gasteiger partial charge in [0.15, 0.2) is 0 Å². The van der Waals surface area contributed by atoms with Gasteiger partial charge < -0.3 is 9.64 Å². The summed E-state index contributed by atoms with van der Waals surface area (Å²) in [6.07, 6.45) is 0.714. The molecule has 0 spiro atoms. The largest absolute Gasteiger partial charge is 0.492 e. The highest BCUT2D eigenvalue weighted by Gasteiger charge is 2.28. The van der Waals surface area contributed by atoms with E-state index in [1.165, 1.54) is 0 Å². The summed E-state index contributed by atoms with van der Waals surface area (Å²) in [5.41, 5.74) is 3.49. The number of nitrogens with zero attached hydrogens (tertiary/aromatic N) is 3. The number of rotatable bonds is 3. The first-order valence-electron chi connectivity index (χ1n) is 7.87. The van der Waals surface area contributed by atoms with Gasteiger partial charge in [0.25, 0.3) is 0 Å². The first kappa shape index (κ1) is 14.7. The molecule has 6 heteroatoms. The van der Waals surface area contributed by atoms with Crippen molar-refractivity contribution in [2.45, 2.75) is 13.0 Å². The van der Waals surface area contributed by atoms with Crippen molar-refractivity contribution < 1.29 is 14.2 Å². The Kier molecular flexibility index (Phi) is 3.65. The van der Waals surface area contributed by atoms with Gasteiger partial charge in [0.2, 0.25) is 5.91 Å². The summed E-state index contributed by atoms with van der Waals surface area (Å²) in [7, 11) is 1.81. The Morgan fingerprint density at radius 1 is 1.21 bits per heavy atom. The molecule has 1 aliphatic rings. The maximum atomic E-state index is 12.7. The van der Waals surface area contributed by atoms with E-state index in [1.54, 1.807) is 4.90 Å². The number of ether oxygens (including phenoxy) is 1. The molecule has 0 saturated heterocycles. The molecule has 0 radical (unpaired) electrons. The third-order valence-electron chi connectivity index (χ3n) is 4.34. The van der Waals surface area contributed by atoms with Crippen molar-refractivity contribution in [1.29, 1.82) is 0 Å². The molecule has 2 heterocycles. The average Bonchev–Trinajstić information content (AvgIpc) is 3.08. The van der Waals surface area contributed by atoms with Gasteiger partial charge in [0.1, 0.15) is 23.4 Å². The van der Waals surface area contributed by atoms with E-state index < -0.39 is 0 Å². The Morgan fingerprint density at radius 3 is 2.96 bits per heavy atom. The number of benzene rings is 2. The number of fused-ring (bicyclic) bond motifs is 2. The SMILES string of the molecule is CN(Cc1ccc2nonc2c1)C(=O)C1COc2ccccc2C1. The molecule has 0 fully saturated rings. The standard InChI is InChI=1S/C18H17N3O3/c1-21(10-12-6-7-15-16(8-12)20-24-19-15)18(22)14-9-13-4-2-3-5-17(13)23-11-14/h2-8,14H,9-11H2,1H3. The summed E-state index contributed by atoms with van der Waals surface area (Å²) in [6.45, 7) is 0.937. The fraction of sp³-hybridized carbons (Fsp3) is 0.278. The van der Waals surface area contributed by atoms with Crippen LogP contribution in [0.5, 0.6) is 5.75 Å². The predicted octanol–water partition coefficient (Wildman–Crippen LogP) is 2.43. The van der Waals surface area contributed by atoms with Crippen LogP contribution in [-0.2, 0) is 17.8 Å². The van der Waals surface area contributed by atoms with Crippen LogP contribution in [0.4, 0.5) is 0 Å².